The van der Waals surface area contributed by atoms with Crippen LogP contribution < -0.4 is 15.0 Å². The van der Waals surface area contributed by atoms with Gasteiger partial charge in [-0.2, -0.15) is 0 Å². The van der Waals surface area contributed by atoms with Crippen LogP contribution >= 0.6 is 0 Å². The summed E-state index contributed by atoms with van der Waals surface area (Å²) in [6, 6.07) is 28.9. The third-order valence-corrected chi connectivity index (χ3v) is 5.60. The lowest BCUT2D eigenvalue weighted by Gasteiger charge is -2.26. The van der Waals surface area contributed by atoms with Crippen molar-refractivity contribution in [3.8, 4) is 5.75 Å². The number of hydrogen-bond donors (Lipinski definition) is 1. The summed E-state index contributed by atoms with van der Waals surface area (Å²) in [5, 5.41) is 4.46. The Kier molecular flexibility index (Phi) is 5.62. The summed E-state index contributed by atoms with van der Waals surface area (Å²) in [4.78, 5) is 39.0. The summed E-state index contributed by atoms with van der Waals surface area (Å²) < 4.78 is 6.11. The highest BCUT2D eigenvalue weighted by molar-refractivity contribution is 6.39. The molecule has 4 aromatic carbocycles. The highest BCUT2D eigenvalue weighted by Gasteiger charge is 2.36. The third-order valence-electron chi connectivity index (χ3n) is 5.60. The minimum absolute atomic E-state index is 0.148. The van der Waals surface area contributed by atoms with Crippen molar-refractivity contribution in [2.75, 3.05) is 4.90 Å². The number of amides is 4. The number of barbiturate groups is 1. The topological polar surface area (TPSA) is 75.7 Å². The van der Waals surface area contributed by atoms with E-state index < -0.39 is 17.8 Å². The molecule has 0 atom stereocenters. The molecule has 1 aliphatic heterocycles. The number of rotatable bonds is 5. The molecule has 0 aliphatic carbocycles. The largest absolute Gasteiger partial charge is 0.488 e. The van der Waals surface area contributed by atoms with Gasteiger partial charge in [0.25, 0.3) is 11.8 Å². The number of benzene rings is 4. The SMILES string of the molecule is O=C1NC(=O)N(c2ccccc2)C(=O)/C1=C/c1ccccc1OCc1cccc2ccccc12. The van der Waals surface area contributed by atoms with Crippen molar-refractivity contribution < 1.29 is 19.1 Å². The number of imide groups is 2. The summed E-state index contributed by atoms with van der Waals surface area (Å²) in [5.41, 5.74) is 1.81. The smallest absolute Gasteiger partial charge is 0.335 e. The molecule has 0 unspecified atom stereocenters. The van der Waals surface area contributed by atoms with Gasteiger partial charge in [-0.3, -0.25) is 14.9 Å². The Morgan fingerprint density at radius 2 is 1.47 bits per heavy atom. The average molecular weight is 448 g/mol. The van der Waals surface area contributed by atoms with Crippen LogP contribution in [0.1, 0.15) is 11.1 Å². The summed E-state index contributed by atoms with van der Waals surface area (Å²) in [6.07, 6.45) is 1.46. The number of carbonyl (C=O) groups is 3. The number of urea groups is 1. The molecule has 0 bridgehead atoms. The van der Waals surface area contributed by atoms with Crippen LogP contribution in [0.15, 0.2) is 103 Å². The van der Waals surface area contributed by atoms with E-state index in [9.17, 15) is 14.4 Å². The summed E-state index contributed by atoms with van der Waals surface area (Å²) in [6.45, 7) is 0.316. The maximum atomic E-state index is 13.1. The van der Waals surface area contributed by atoms with Crippen molar-refractivity contribution >= 4 is 40.4 Å². The van der Waals surface area contributed by atoms with Gasteiger partial charge in [0.1, 0.15) is 17.9 Å². The van der Waals surface area contributed by atoms with E-state index in [0.717, 1.165) is 21.2 Å². The van der Waals surface area contributed by atoms with E-state index in [0.29, 0.717) is 23.6 Å². The average Bonchev–Trinajstić information content (AvgIpc) is 2.86. The van der Waals surface area contributed by atoms with Crippen LogP contribution in [0, 0.1) is 0 Å². The minimum Gasteiger partial charge on any atom is -0.488 e. The second kappa shape index (κ2) is 9.03. The number of anilines is 1. The third kappa shape index (κ3) is 4.04. The monoisotopic (exact) mass is 448 g/mol. The normalized spacial score (nSPS) is 15.0. The first-order chi connectivity index (χ1) is 16.6. The van der Waals surface area contributed by atoms with Crippen molar-refractivity contribution in [2.45, 2.75) is 6.61 Å². The van der Waals surface area contributed by atoms with Gasteiger partial charge in [-0.1, -0.05) is 78.9 Å². The second-order valence-corrected chi connectivity index (χ2v) is 7.76. The molecule has 34 heavy (non-hydrogen) atoms. The molecule has 0 spiro atoms. The molecular formula is C28H20N2O4. The van der Waals surface area contributed by atoms with Crippen molar-refractivity contribution in [3.05, 3.63) is 114 Å². The fourth-order valence-corrected chi connectivity index (χ4v) is 3.93. The molecule has 166 valence electrons. The molecule has 1 fully saturated rings. The zero-order valence-corrected chi connectivity index (χ0v) is 18.1. The fraction of sp³-hybridized carbons (Fsp3) is 0.0357. The molecule has 0 aromatic heterocycles. The maximum Gasteiger partial charge on any atom is 0.335 e. The molecule has 0 saturated carbocycles. The molecule has 1 aliphatic rings. The van der Waals surface area contributed by atoms with Crippen molar-refractivity contribution in [1.29, 1.82) is 0 Å². The van der Waals surface area contributed by atoms with E-state index in [4.69, 9.17) is 4.74 Å². The fourth-order valence-electron chi connectivity index (χ4n) is 3.93. The Labute approximate surface area is 196 Å². The quantitative estimate of drug-likeness (QED) is 0.341. The Hall–Kier alpha value is -4.71. The van der Waals surface area contributed by atoms with Gasteiger partial charge < -0.3 is 4.74 Å². The molecule has 1 heterocycles. The Morgan fingerprint density at radius 3 is 2.32 bits per heavy atom. The van der Waals surface area contributed by atoms with Crippen molar-refractivity contribution in [3.63, 3.8) is 0 Å². The lowest BCUT2D eigenvalue weighted by atomic mass is 10.0. The minimum atomic E-state index is -0.779. The Bertz CT molecular complexity index is 1440. The number of hydrogen-bond acceptors (Lipinski definition) is 4. The lowest BCUT2D eigenvalue weighted by Crippen LogP contribution is -2.54. The van der Waals surface area contributed by atoms with Gasteiger partial charge in [-0.05, 0) is 40.6 Å². The Morgan fingerprint density at radius 1 is 0.765 bits per heavy atom. The van der Waals surface area contributed by atoms with Crippen molar-refractivity contribution in [2.24, 2.45) is 0 Å². The molecule has 1 saturated heterocycles. The molecule has 0 radical (unpaired) electrons. The standard InChI is InChI=1S/C28H20N2O4/c31-26-24(27(32)30(28(33)29-26)22-13-2-1-3-14-22)17-20-10-5-7-16-25(20)34-18-21-12-8-11-19-9-4-6-15-23(19)21/h1-17H,18H2,(H,29,31,33)/b24-17+. The number of carbonyl (C=O) groups excluding carboxylic acids is 3. The van der Waals surface area contributed by atoms with Crippen LogP contribution in [-0.4, -0.2) is 17.8 Å². The first-order valence-electron chi connectivity index (χ1n) is 10.8. The lowest BCUT2D eigenvalue weighted by molar-refractivity contribution is -0.122. The van der Waals surface area contributed by atoms with Gasteiger partial charge in [-0.25, -0.2) is 9.69 Å². The first-order valence-corrected chi connectivity index (χ1v) is 10.8. The molecule has 4 amide bonds. The highest BCUT2D eigenvalue weighted by Crippen LogP contribution is 2.27. The van der Waals surface area contributed by atoms with Gasteiger partial charge in [-0.15, -0.1) is 0 Å². The molecule has 6 heteroatoms. The van der Waals surface area contributed by atoms with E-state index >= 15 is 0 Å². The van der Waals surface area contributed by atoms with Gasteiger partial charge in [0, 0.05) is 5.56 Å². The van der Waals surface area contributed by atoms with Crippen LogP contribution in [0.4, 0.5) is 10.5 Å². The molecule has 6 nitrogen and oxygen atoms in total. The van der Waals surface area contributed by atoms with Gasteiger partial charge in [0.15, 0.2) is 0 Å². The molecule has 4 aromatic rings. The summed E-state index contributed by atoms with van der Waals surface area (Å²) in [5.74, 6) is -0.915. The Balaban J connectivity index is 1.45. The van der Waals surface area contributed by atoms with Crippen LogP contribution in [-0.2, 0) is 16.2 Å². The van der Waals surface area contributed by atoms with Crippen LogP contribution in [0.25, 0.3) is 16.8 Å². The number of fused-ring (bicyclic) bond motifs is 1. The van der Waals surface area contributed by atoms with E-state index in [1.807, 2.05) is 48.5 Å². The first kappa shape index (κ1) is 21.2. The van der Waals surface area contributed by atoms with E-state index in [1.165, 1.54) is 6.08 Å². The van der Waals surface area contributed by atoms with Crippen LogP contribution in [0.3, 0.4) is 0 Å². The molecule has 5 rings (SSSR count). The second-order valence-electron chi connectivity index (χ2n) is 7.76. The van der Waals surface area contributed by atoms with Crippen LogP contribution in [0.5, 0.6) is 5.75 Å². The van der Waals surface area contributed by atoms with E-state index in [2.05, 4.69) is 5.32 Å². The van der Waals surface area contributed by atoms with Gasteiger partial charge in [0.05, 0.1) is 5.69 Å². The van der Waals surface area contributed by atoms with Crippen LogP contribution in [0.2, 0.25) is 0 Å². The van der Waals surface area contributed by atoms with Gasteiger partial charge in [0.2, 0.25) is 0 Å². The maximum absolute atomic E-state index is 13.1. The molecule has 1 N–H and O–H groups in total. The molecular weight excluding hydrogens is 428 g/mol. The van der Waals surface area contributed by atoms with E-state index in [-0.39, 0.29) is 5.57 Å². The summed E-state index contributed by atoms with van der Waals surface area (Å²) in [7, 11) is 0. The predicted molar refractivity (Wildman–Crippen MR) is 130 cm³/mol. The number of nitrogens with one attached hydrogen (secondary N) is 1. The zero-order valence-electron chi connectivity index (χ0n) is 18.1. The number of nitrogens with zero attached hydrogens (tertiary/aromatic N) is 1. The summed E-state index contributed by atoms with van der Waals surface area (Å²) >= 11 is 0. The highest BCUT2D eigenvalue weighted by atomic mass is 16.5. The zero-order chi connectivity index (χ0) is 23.5. The van der Waals surface area contributed by atoms with Crippen molar-refractivity contribution in [1.82, 2.24) is 5.32 Å². The number of ether oxygens (including phenoxy) is 1. The van der Waals surface area contributed by atoms with E-state index in [1.54, 1.807) is 48.5 Å². The number of para-hydroxylation sites is 2. The van der Waals surface area contributed by atoms with Gasteiger partial charge >= 0.3 is 6.03 Å². The predicted octanol–water partition coefficient (Wildman–Crippen LogP) is 5.09.